The summed E-state index contributed by atoms with van der Waals surface area (Å²) in [4.78, 5) is 14.4. The zero-order valence-electron chi connectivity index (χ0n) is 14.5. The van der Waals surface area contributed by atoms with E-state index in [0.29, 0.717) is 19.7 Å². The number of hydrogen-bond donors (Lipinski definition) is 1. The molecule has 0 radical (unpaired) electrons. The zero-order chi connectivity index (χ0) is 17.2. The molecule has 0 spiro atoms. The Balaban J connectivity index is 1.73. The van der Waals surface area contributed by atoms with Gasteiger partial charge < -0.3 is 15.0 Å². The van der Waals surface area contributed by atoms with Gasteiger partial charge in [0, 0.05) is 6.54 Å². The van der Waals surface area contributed by atoms with Crippen molar-refractivity contribution in [2.45, 2.75) is 32.8 Å². The predicted octanol–water partition coefficient (Wildman–Crippen LogP) is 3.21. The number of ether oxygens (including phenoxy) is 1. The first-order valence-corrected chi connectivity index (χ1v) is 8.32. The molecule has 1 fully saturated rings. The normalized spacial score (nSPS) is 20.9. The largest absolute Gasteiger partial charge is 0.372 e. The smallest absolute Gasteiger partial charge is 0.322 e. The number of para-hydroxylation sites is 1. The second-order valence-electron chi connectivity index (χ2n) is 6.39. The Morgan fingerprint density at radius 2 is 2.12 bits per heavy atom. The number of benzene rings is 1. The van der Waals surface area contributed by atoms with Gasteiger partial charge in [-0.2, -0.15) is 5.10 Å². The average Bonchev–Trinajstić information content (AvgIpc) is 2.96. The maximum atomic E-state index is 12.6. The van der Waals surface area contributed by atoms with Crippen LogP contribution in [0.4, 0.5) is 10.5 Å². The molecule has 128 valence electrons. The van der Waals surface area contributed by atoms with E-state index >= 15 is 0 Å². The van der Waals surface area contributed by atoms with Gasteiger partial charge in [-0.1, -0.05) is 25.1 Å². The monoisotopic (exact) mass is 328 g/mol. The number of rotatable bonds is 3. The summed E-state index contributed by atoms with van der Waals surface area (Å²) in [6, 6.07) is 9.77. The standard InChI is InChI=1S/C18H24N4O2/c1-4-18(3)13-21(10-11-24-18)17(23)20-16-12-19-22(14(16)2)15-8-6-5-7-9-15/h5-9,12H,4,10-11,13H2,1-3H3,(H,20,23)/t18-/m0/s1. The van der Waals surface area contributed by atoms with Crippen LogP contribution >= 0.6 is 0 Å². The van der Waals surface area contributed by atoms with Crippen LogP contribution in [0.2, 0.25) is 0 Å². The van der Waals surface area contributed by atoms with E-state index in [1.807, 2.05) is 53.8 Å². The number of morpholine rings is 1. The molecule has 0 bridgehead atoms. The lowest BCUT2D eigenvalue weighted by Gasteiger charge is -2.39. The molecule has 1 aliphatic heterocycles. The Hall–Kier alpha value is -2.34. The second-order valence-corrected chi connectivity index (χ2v) is 6.39. The van der Waals surface area contributed by atoms with Gasteiger partial charge >= 0.3 is 6.03 Å². The molecule has 6 nitrogen and oxygen atoms in total. The van der Waals surface area contributed by atoms with E-state index in [-0.39, 0.29) is 11.6 Å². The number of nitrogens with one attached hydrogen (secondary N) is 1. The summed E-state index contributed by atoms with van der Waals surface area (Å²) in [6.07, 6.45) is 2.57. The highest BCUT2D eigenvalue weighted by Crippen LogP contribution is 2.23. The van der Waals surface area contributed by atoms with Gasteiger partial charge in [0.05, 0.1) is 42.0 Å². The van der Waals surface area contributed by atoms with Crippen LogP contribution in [0.15, 0.2) is 36.5 Å². The lowest BCUT2D eigenvalue weighted by Crippen LogP contribution is -2.53. The number of nitrogens with zero attached hydrogens (tertiary/aromatic N) is 3. The molecule has 1 aromatic heterocycles. The van der Waals surface area contributed by atoms with E-state index in [4.69, 9.17) is 4.74 Å². The average molecular weight is 328 g/mol. The molecular formula is C18H24N4O2. The Morgan fingerprint density at radius 1 is 1.38 bits per heavy atom. The number of carbonyl (C=O) groups excluding carboxylic acids is 1. The van der Waals surface area contributed by atoms with Crippen molar-refractivity contribution < 1.29 is 9.53 Å². The first kappa shape index (κ1) is 16.5. The SMILES string of the molecule is CC[C@@]1(C)CN(C(=O)Nc2cnn(-c3ccccc3)c2C)CCO1. The lowest BCUT2D eigenvalue weighted by atomic mass is 10.0. The van der Waals surface area contributed by atoms with Crippen LogP contribution in [0.25, 0.3) is 5.69 Å². The van der Waals surface area contributed by atoms with Crippen molar-refractivity contribution in [1.29, 1.82) is 0 Å². The summed E-state index contributed by atoms with van der Waals surface area (Å²) in [5.74, 6) is 0. The minimum Gasteiger partial charge on any atom is -0.372 e. The summed E-state index contributed by atoms with van der Waals surface area (Å²) in [5.41, 5.74) is 2.34. The number of carbonyl (C=O) groups is 1. The van der Waals surface area contributed by atoms with Crippen molar-refractivity contribution in [2.24, 2.45) is 0 Å². The van der Waals surface area contributed by atoms with Gasteiger partial charge in [-0.05, 0) is 32.4 Å². The van der Waals surface area contributed by atoms with Crippen LogP contribution in [0.5, 0.6) is 0 Å². The maximum absolute atomic E-state index is 12.6. The zero-order valence-corrected chi connectivity index (χ0v) is 14.5. The Bertz CT molecular complexity index is 713. The molecule has 1 aliphatic rings. The van der Waals surface area contributed by atoms with Gasteiger partial charge in [0.15, 0.2) is 0 Å². The summed E-state index contributed by atoms with van der Waals surface area (Å²) in [5, 5.41) is 7.37. The molecule has 0 saturated carbocycles. The quantitative estimate of drug-likeness (QED) is 0.941. The van der Waals surface area contributed by atoms with Crippen LogP contribution in [0.3, 0.4) is 0 Å². The Morgan fingerprint density at radius 3 is 2.83 bits per heavy atom. The number of anilines is 1. The van der Waals surface area contributed by atoms with Gasteiger partial charge in [-0.15, -0.1) is 0 Å². The number of urea groups is 1. The minimum absolute atomic E-state index is 0.103. The van der Waals surface area contributed by atoms with E-state index < -0.39 is 0 Å². The van der Waals surface area contributed by atoms with Crippen molar-refractivity contribution in [3.63, 3.8) is 0 Å². The number of amides is 2. The molecule has 1 atom stereocenters. The molecule has 3 rings (SSSR count). The van der Waals surface area contributed by atoms with Crippen molar-refractivity contribution >= 4 is 11.7 Å². The fourth-order valence-electron chi connectivity index (χ4n) is 2.87. The molecule has 1 N–H and O–H groups in total. The summed E-state index contributed by atoms with van der Waals surface area (Å²) >= 11 is 0. The molecular weight excluding hydrogens is 304 g/mol. The first-order chi connectivity index (χ1) is 11.5. The predicted molar refractivity (Wildman–Crippen MR) is 93.5 cm³/mol. The molecule has 0 aliphatic carbocycles. The van der Waals surface area contributed by atoms with E-state index in [0.717, 1.165) is 23.5 Å². The molecule has 2 heterocycles. The molecule has 24 heavy (non-hydrogen) atoms. The molecule has 2 aromatic rings. The molecule has 0 unspecified atom stereocenters. The van der Waals surface area contributed by atoms with Crippen LogP contribution in [0, 0.1) is 6.92 Å². The third-order valence-corrected chi connectivity index (χ3v) is 4.62. The van der Waals surface area contributed by atoms with Crippen molar-refractivity contribution in [2.75, 3.05) is 25.0 Å². The highest BCUT2D eigenvalue weighted by Gasteiger charge is 2.32. The van der Waals surface area contributed by atoms with Gasteiger partial charge in [0.2, 0.25) is 0 Å². The third kappa shape index (κ3) is 3.28. The first-order valence-electron chi connectivity index (χ1n) is 8.32. The lowest BCUT2D eigenvalue weighted by molar-refractivity contribution is -0.0860. The van der Waals surface area contributed by atoms with Crippen molar-refractivity contribution in [1.82, 2.24) is 14.7 Å². The third-order valence-electron chi connectivity index (χ3n) is 4.62. The van der Waals surface area contributed by atoms with E-state index in [1.54, 1.807) is 6.20 Å². The minimum atomic E-state index is -0.265. The maximum Gasteiger partial charge on any atom is 0.322 e. The van der Waals surface area contributed by atoms with Gasteiger partial charge in [-0.25, -0.2) is 9.48 Å². The number of aromatic nitrogens is 2. The summed E-state index contributed by atoms with van der Waals surface area (Å²) in [7, 11) is 0. The van der Waals surface area contributed by atoms with E-state index in [9.17, 15) is 4.79 Å². The number of hydrogen-bond acceptors (Lipinski definition) is 3. The molecule has 1 aromatic carbocycles. The van der Waals surface area contributed by atoms with Crippen molar-refractivity contribution in [3.8, 4) is 5.69 Å². The fourth-order valence-corrected chi connectivity index (χ4v) is 2.87. The van der Waals surface area contributed by atoms with Gasteiger partial charge in [-0.3, -0.25) is 0 Å². The second kappa shape index (κ2) is 6.65. The van der Waals surface area contributed by atoms with Crippen molar-refractivity contribution in [3.05, 3.63) is 42.2 Å². The van der Waals surface area contributed by atoms with Crippen LogP contribution in [0.1, 0.15) is 26.0 Å². The van der Waals surface area contributed by atoms with Crippen LogP contribution < -0.4 is 5.32 Å². The van der Waals surface area contributed by atoms with E-state index in [1.165, 1.54) is 0 Å². The molecule has 2 amide bonds. The van der Waals surface area contributed by atoms with Gasteiger partial charge in [0.1, 0.15) is 0 Å². The fraction of sp³-hybridized carbons (Fsp3) is 0.444. The highest BCUT2D eigenvalue weighted by atomic mass is 16.5. The van der Waals surface area contributed by atoms with Gasteiger partial charge in [0.25, 0.3) is 0 Å². The Kier molecular flexibility index (Phi) is 4.57. The van der Waals surface area contributed by atoms with E-state index in [2.05, 4.69) is 17.3 Å². The van der Waals surface area contributed by atoms with Crippen LogP contribution in [-0.4, -0.2) is 46.0 Å². The molecule has 1 saturated heterocycles. The highest BCUT2D eigenvalue weighted by molar-refractivity contribution is 5.90. The molecule has 6 heteroatoms. The van der Waals surface area contributed by atoms with Crippen LogP contribution in [-0.2, 0) is 4.74 Å². The topological polar surface area (TPSA) is 59.4 Å². The summed E-state index contributed by atoms with van der Waals surface area (Å²) < 4.78 is 7.62. The summed E-state index contributed by atoms with van der Waals surface area (Å²) in [6.45, 7) is 7.85. The Labute approximate surface area is 142 Å².